The van der Waals surface area contributed by atoms with Crippen molar-refractivity contribution in [2.45, 2.75) is 12.3 Å². The second-order valence-corrected chi connectivity index (χ2v) is 6.18. The molecule has 2 nitrogen and oxygen atoms in total. The molecule has 0 aromatic carbocycles. The number of rotatable bonds is 3. The van der Waals surface area contributed by atoms with Crippen LogP contribution in [0.4, 0.5) is 0 Å². The maximum absolute atomic E-state index is 11.4. The summed E-state index contributed by atoms with van der Waals surface area (Å²) >= 11 is 9.45. The minimum absolute atomic E-state index is 0.0262. The Balaban J connectivity index is 2.49. The molecule has 0 radical (unpaired) electrons. The van der Waals surface area contributed by atoms with Crippen molar-refractivity contribution in [3.8, 4) is 0 Å². The van der Waals surface area contributed by atoms with E-state index >= 15 is 0 Å². The molecule has 0 aliphatic carbocycles. The van der Waals surface area contributed by atoms with E-state index < -0.39 is 0 Å². The van der Waals surface area contributed by atoms with E-state index in [0.717, 1.165) is 2.88 Å². The topological polar surface area (TPSA) is 29.1 Å². The van der Waals surface area contributed by atoms with E-state index in [1.807, 2.05) is 18.4 Å². The molecule has 0 spiro atoms. The van der Waals surface area contributed by atoms with E-state index in [-0.39, 0.29) is 11.3 Å². The lowest BCUT2D eigenvalue weighted by Gasteiger charge is -2.04. The molecule has 1 aromatic rings. The van der Waals surface area contributed by atoms with Gasteiger partial charge in [-0.15, -0.1) is 22.9 Å². The van der Waals surface area contributed by atoms with Crippen LogP contribution in [0.1, 0.15) is 17.3 Å². The molecule has 0 fully saturated rings. The maximum Gasteiger partial charge on any atom is 0.252 e. The molecule has 0 aliphatic rings. The highest BCUT2D eigenvalue weighted by molar-refractivity contribution is 14.1. The van der Waals surface area contributed by atoms with Gasteiger partial charge in [0.2, 0.25) is 0 Å². The monoisotopic (exact) mass is 329 g/mol. The SMILES string of the molecule is CC(Cl)CNC(=O)c1csc(I)c1. The van der Waals surface area contributed by atoms with Gasteiger partial charge in [0.25, 0.3) is 5.91 Å². The summed E-state index contributed by atoms with van der Waals surface area (Å²) in [5.41, 5.74) is 0.715. The van der Waals surface area contributed by atoms with Gasteiger partial charge in [-0.3, -0.25) is 4.79 Å². The maximum atomic E-state index is 11.4. The van der Waals surface area contributed by atoms with Crippen LogP contribution in [0.5, 0.6) is 0 Å². The largest absolute Gasteiger partial charge is 0.351 e. The van der Waals surface area contributed by atoms with Crippen LogP contribution < -0.4 is 5.32 Å². The van der Waals surface area contributed by atoms with Gasteiger partial charge in [-0.2, -0.15) is 0 Å². The number of thiophene rings is 1. The standard InChI is InChI=1S/C8H9ClINOS/c1-5(9)3-11-8(12)6-2-7(10)13-4-6/h2,4-5H,3H2,1H3,(H,11,12). The second-order valence-electron chi connectivity index (χ2n) is 2.63. The number of hydrogen-bond donors (Lipinski definition) is 1. The molecule has 5 heteroatoms. The molecule has 1 heterocycles. The number of hydrogen-bond acceptors (Lipinski definition) is 2. The van der Waals surface area contributed by atoms with E-state index in [2.05, 4.69) is 27.9 Å². The molecule has 1 atom stereocenters. The van der Waals surface area contributed by atoms with Gasteiger partial charge in [-0.05, 0) is 35.6 Å². The zero-order chi connectivity index (χ0) is 9.84. The molecule has 0 saturated heterocycles. The lowest BCUT2D eigenvalue weighted by molar-refractivity contribution is 0.0954. The van der Waals surface area contributed by atoms with Gasteiger partial charge in [0.1, 0.15) is 0 Å². The van der Waals surface area contributed by atoms with Crippen LogP contribution in [0.25, 0.3) is 0 Å². The zero-order valence-electron chi connectivity index (χ0n) is 7.01. The fraction of sp³-hybridized carbons (Fsp3) is 0.375. The molecule has 1 N–H and O–H groups in total. The smallest absolute Gasteiger partial charge is 0.252 e. The first-order valence-electron chi connectivity index (χ1n) is 3.76. The number of alkyl halides is 1. The lowest BCUT2D eigenvalue weighted by Crippen LogP contribution is -2.28. The van der Waals surface area contributed by atoms with E-state index in [1.54, 1.807) is 11.3 Å². The van der Waals surface area contributed by atoms with Crippen molar-refractivity contribution in [1.29, 1.82) is 0 Å². The van der Waals surface area contributed by atoms with Crippen LogP contribution >= 0.6 is 45.5 Å². The minimum atomic E-state index is -0.0494. The molecule has 1 rings (SSSR count). The Morgan fingerprint density at radius 2 is 2.54 bits per heavy atom. The van der Waals surface area contributed by atoms with Gasteiger partial charge in [0.15, 0.2) is 0 Å². The third kappa shape index (κ3) is 3.83. The van der Waals surface area contributed by atoms with Crippen LogP contribution in [0.3, 0.4) is 0 Å². The average molecular weight is 330 g/mol. The highest BCUT2D eigenvalue weighted by Crippen LogP contribution is 2.16. The molecule has 1 unspecified atom stereocenters. The van der Waals surface area contributed by atoms with Crippen molar-refractivity contribution in [3.05, 3.63) is 19.9 Å². The summed E-state index contributed by atoms with van der Waals surface area (Å²) in [6, 6.07) is 1.86. The van der Waals surface area contributed by atoms with Gasteiger partial charge in [0.05, 0.1) is 8.45 Å². The predicted octanol–water partition coefficient (Wildman–Crippen LogP) is 2.71. The summed E-state index contributed by atoms with van der Waals surface area (Å²) in [6.45, 7) is 2.35. The Morgan fingerprint density at radius 1 is 1.85 bits per heavy atom. The third-order valence-corrected chi connectivity index (χ3v) is 3.32. The number of carbonyl (C=O) groups excluding carboxylic acids is 1. The average Bonchev–Trinajstić information content (AvgIpc) is 2.47. The minimum Gasteiger partial charge on any atom is -0.351 e. The van der Waals surface area contributed by atoms with Gasteiger partial charge >= 0.3 is 0 Å². The molecular weight excluding hydrogens is 321 g/mol. The summed E-state index contributed by atoms with van der Waals surface area (Å²) in [5.74, 6) is -0.0494. The van der Waals surface area contributed by atoms with Gasteiger partial charge in [0, 0.05) is 17.3 Å². The van der Waals surface area contributed by atoms with Crippen molar-refractivity contribution in [3.63, 3.8) is 0 Å². The van der Waals surface area contributed by atoms with Crippen molar-refractivity contribution < 1.29 is 4.79 Å². The van der Waals surface area contributed by atoms with Gasteiger partial charge in [-0.25, -0.2) is 0 Å². The molecular formula is C8H9ClINOS. The van der Waals surface area contributed by atoms with Gasteiger partial charge < -0.3 is 5.32 Å². The van der Waals surface area contributed by atoms with E-state index in [0.29, 0.717) is 12.1 Å². The molecule has 0 saturated carbocycles. The number of carbonyl (C=O) groups is 1. The van der Waals surface area contributed by atoms with Crippen LogP contribution in [0.2, 0.25) is 0 Å². The van der Waals surface area contributed by atoms with Crippen molar-refractivity contribution in [1.82, 2.24) is 5.32 Å². The van der Waals surface area contributed by atoms with Crippen molar-refractivity contribution in [2.24, 2.45) is 0 Å². The summed E-state index contributed by atoms with van der Waals surface area (Å²) in [6.07, 6.45) is 0. The molecule has 0 aliphatic heterocycles. The third-order valence-electron chi connectivity index (χ3n) is 1.37. The van der Waals surface area contributed by atoms with E-state index in [9.17, 15) is 4.79 Å². The molecule has 1 aromatic heterocycles. The summed E-state index contributed by atoms with van der Waals surface area (Å²) in [4.78, 5) is 11.4. The number of amides is 1. The Labute approximate surface area is 99.8 Å². The Morgan fingerprint density at radius 3 is 3.00 bits per heavy atom. The summed E-state index contributed by atoms with van der Waals surface area (Å²) in [5, 5.41) is 4.56. The highest BCUT2D eigenvalue weighted by atomic mass is 127. The van der Waals surface area contributed by atoms with E-state index in [4.69, 9.17) is 11.6 Å². The fourth-order valence-corrected chi connectivity index (χ4v) is 2.17. The zero-order valence-corrected chi connectivity index (χ0v) is 10.7. The van der Waals surface area contributed by atoms with Gasteiger partial charge in [-0.1, -0.05) is 0 Å². The van der Waals surface area contributed by atoms with Crippen molar-refractivity contribution >= 4 is 51.4 Å². The number of halogens is 2. The second kappa shape index (κ2) is 5.17. The van der Waals surface area contributed by atoms with Crippen LogP contribution in [-0.4, -0.2) is 17.8 Å². The predicted molar refractivity (Wildman–Crippen MR) is 64.7 cm³/mol. The van der Waals surface area contributed by atoms with Crippen molar-refractivity contribution in [2.75, 3.05) is 6.54 Å². The quantitative estimate of drug-likeness (QED) is 0.670. The normalized spacial score (nSPS) is 12.5. The van der Waals surface area contributed by atoms with Crippen LogP contribution in [0.15, 0.2) is 11.4 Å². The Kier molecular flexibility index (Phi) is 4.48. The Hall–Kier alpha value is 0.190. The van der Waals surface area contributed by atoms with E-state index in [1.165, 1.54) is 0 Å². The lowest BCUT2D eigenvalue weighted by atomic mass is 10.3. The first-order chi connectivity index (χ1) is 6.09. The summed E-state index contributed by atoms with van der Waals surface area (Å²) < 4.78 is 1.11. The number of nitrogens with one attached hydrogen (secondary N) is 1. The fourth-order valence-electron chi connectivity index (χ4n) is 0.765. The molecule has 13 heavy (non-hydrogen) atoms. The first kappa shape index (κ1) is 11.3. The van der Waals surface area contributed by atoms with Crippen LogP contribution in [-0.2, 0) is 0 Å². The molecule has 0 bridgehead atoms. The first-order valence-corrected chi connectivity index (χ1v) is 6.15. The summed E-state index contributed by atoms with van der Waals surface area (Å²) in [7, 11) is 0. The molecule has 72 valence electrons. The highest BCUT2D eigenvalue weighted by Gasteiger charge is 2.07. The molecule has 1 amide bonds. The van der Waals surface area contributed by atoms with Crippen LogP contribution in [0, 0.1) is 2.88 Å². The Bertz CT molecular complexity index is 300.